The molecule has 0 aromatic carbocycles. The number of amidine groups is 1. The topological polar surface area (TPSA) is 142 Å². The Morgan fingerprint density at radius 3 is 2.76 bits per heavy atom. The predicted molar refractivity (Wildman–Crippen MR) is 69.3 cm³/mol. The quantitative estimate of drug-likeness (QED) is 0.332. The van der Waals surface area contributed by atoms with Gasteiger partial charge in [0.2, 0.25) is 0 Å². The summed E-state index contributed by atoms with van der Waals surface area (Å²) in [4.78, 5) is 12.2. The molecule has 0 bridgehead atoms. The monoisotopic (exact) mass is 301 g/mol. The molecule has 0 amide bonds. The van der Waals surface area contributed by atoms with Gasteiger partial charge in [0.05, 0.1) is 6.61 Å². The minimum Gasteiger partial charge on any atom is -0.394 e. The first-order chi connectivity index (χ1) is 9.71. The number of nitrogens with one attached hydrogen (secondary N) is 1. The van der Waals surface area contributed by atoms with Crippen LogP contribution in [0.3, 0.4) is 0 Å². The fourth-order valence-electron chi connectivity index (χ4n) is 2.35. The first kappa shape index (κ1) is 15.6. The highest BCUT2D eigenvalue weighted by Gasteiger charge is 2.53. The molecule has 6 N–H and O–H groups in total. The van der Waals surface area contributed by atoms with Gasteiger partial charge in [0.1, 0.15) is 35.0 Å². The molecular weight excluding hydrogens is 285 g/mol. The molecule has 116 valence electrons. The number of nitrogens with two attached hydrogens (primary N) is 1. The van der Waals surface area contributed by atoms with Crippen LogP contribution in [0.1, 0.15) is 18.7 Å². The number of halogens is 1. The largest absolute Gasteiger partial charge is 0.394 e. The molecule has 1 aromatic rings. The van der Waals surface area contributed by atoms with Crippen molar-refractivity contribution in [2.24, 2.45) is 5.73 Å². The molecular formula is C12H16FN3O5. The van der Waals surface area contributed by atoms with Crippen molar-refractivity contribution in [2.75, 3.05) is 6.61 Å². The van der Waals surface area contributed by atoms with Crippen molar-refractivity contribution in [1.29, 1.82) is 5.41 Å². The van der Waals surface area contributed by atoms with Gasteiger partial charge in [-0.1, -0.05) is 0 Å². The molecule has 21 heavy (non-hydrogen) atoms. The van der Waals surface area contributed by atoms with Crippen LogP contribution in [0.4, 0.5) is 4.39 Å². The van der Waals surface area contributed by atoms with E-state index in [4.69, 9.17) is 21.0 Å². The summed E-state index contributed by atoms with van der Waals surface area (Å²) in [6.07, 6.45) is -2.86. The molecule has 1 fully saturated rings. The van der Waals surface area contributed by atoms with Crippen LogP contribution in [0.25, 0.3) is 0 Å². The Kier molecular flexibility index (Phi) is 3.85. The number of nitrogen functional groups attached to an aromatic ring is 1. The summed E-state index contributed by atoms with van der Waals surface area (Å²) in [6.45, 7) is 0.657. The van der Waals surface area contributed by atoms with E-state index in [1.807, 2.05) is 0 Å². The van der Waals surface area contributed by atoms with Crippen LogP contribution < -0.4 is 11.3 Å². The van der Waals surface area contributed by atoms with E-state index in [0.29, 0.717) is 0 Å². The second-order valence-electron chi connectivity index (χ2n) is 5.04. The molecule has 9 heteroatoms. The third-order valence-corrected chi connectivity index (χ3v) is 3.53. The maximum absolute atomic E-state index is 13.6. The summed E-state index contributed by atoms with van der Waals surface area (Å²) in [5, 5.41) is 36.5. The van der Waals surface area contributed by atoms with Crippen molar-refractivity contribution < 1.29 is 24.4 Å². The second kappa shape index (κ2) is 5.19. The molecule has 0 saturated carbocycles. The van der Waals surface area contributed by atoms with Crippen LogP contribution in [0.15, 0.2) is 17.1 Å². The van der Waals surface area contributed by atoms with Crippen LogP contribution in [0, 0.1) is 11.2 Å². The summed E-state index contributed by atoms with van der Waals surface area (Å²) in [6, 6.07) is 0.899. The van der Waals surface area contributed by atoms with Gasteiger partial charge in [-0.25, -0.2) is 4.39 Å². The lowest BCUT2D eigenvalue weighted by atomic mass is 9.96. The van der Waals surface area contributed by atoms with Gasteiger partial charge < -0.3 is 25.8 Å². The molecule has 0 spiro atoms. The van der Waals surface area contributed by atoms with Crippen molar-refractivity contribution in [3.8, 4) is 0 Å². The van der Waals surface area contributed by atoms with E-state index < -0.39 is 53.4 Å². The number of hydrogen-bond acceptors (Lipinski definition) is 6. The van der Waals surface area contributed by atoms with Gasteiger partial charge >= 0.3 is 0 Å². The van der Waals surface area contributed by atoms with Gasteiger partial charge in [-0.05, 0) is 13.0 Å². The molecule has 2 rings (SSSR count). The first-order valence-corrected chi connectivity index (χ1v) is 6.13. The van der Waals surface area contributed by atoms with E-state index in [2.05, 4.69) is 0 Å². The lowest BCUT2D eigenvalue weighted by molar-refractivity contribution is -0.0982. The molecule has 0 aliphatic carbocycles. The van der Waals surface area contributed by atoms with E-state index in [1.165, 1.54) is 6.92 Å². The fraction of sp³-hybridized carbons (Fsp3) is 0.500. The first-order valence-electron chi connectivity index (χ1n) is 6.13. The van der Waals surface area contributed by atoms with Crippen LogP contribution >= 0.6 is 0 Å². The number of rotatable bonds is 3. The number of nitrogens with zero attached hydrogens (tertiary/aromatic N) is 1. The zero-order valence-electron chi connectivity index (χ0n) is 11.2. The third-order valence-electron chi connectivity index (χ3n) is 3.53. The molecule has 1 aromatic heterocycles. The van der Waals surface area contributed by atoms with E-state index in [0.717, 1.165) is 16.8 Å². The van der Waals surface area contributed by atoms with Gasteiger partial charge in [0, 0.05) is 6.20 Å². The minimum atomic E-state index is -1.89. The molecule has 1 aliphatic rings. The number of aliphatic hydroxyl groups excluding tert-OH is 2. The van der Waals surface area contributed by atoms with E-state index in [-0.39, 0.29) is 0 Å². The zero-order valence-corrected chi connectivity index (χ0v) is 11.2. The van der Waals surface area contributed by atoms with Gasteiger partial charge in [-0.15, -0.1) is 0 Å². The standard InChI is InChI=1S/C12H16FN3O5/c1-12(20)8(18)6(4-17)21-11(12)16-3-2-5(13)7(9(14)15)10(16)19/h2-3,6,8,11,17-18,20H,4H2,1H3,(H3,14,15). The van der Waals surface area contributed by atoms with Gasteiger partial charge in [0.15, 0.2) is 6.23 Å². The highest BCUT2D eigenvalue weighted by molar-refractivity contribution is 5.94. The number of pyridine rings is 1. The summed E-state index contributed by atoms with van der Waals surface area (Å²) >= 11 is 0. The second-order valence-corrected chi connectivity index (χ2v) is 5.04. The normalized spacial score (nSPS) is 32.3. The van der Waals surface area contributed by atoms with Crippen molar-refractivity contribution in [3.05, 3.63) is 34.0 Å². The van der Waals surface area contributed by atoms with Crippen molar-refractivity contribution in [2.45, 2.75) is 31.0 Å². The van der Waals surface area contributed by atoms with Crippen LogP contribution in [0.2, 0.25) is 0 Å². The Balaban J connectivity index is 2.56. The number of aliphatic hydroxyl groups is 3. The van der Waals surface area contributed by atoms with Crippen molar-refractivity contribution in [1.82, 2.24) is 4.57 Å². The van der Waals surface area contributed by atoms with E-state index in [1.54, 1.807) is 0 Å². The Labute approximate surface area is 118 Å². The van der Waals surface area contributed by atoms with Crippen LogP contribution in [-0.4, -0.2) is 50.1 Å². The van der Waals surface area contributed by atoms with E-state index in [9.17, 15) is 19.4 Å². The van der Waals surface area contributed by atoms with E-state index >= 15 is 0 Å². The molecule has 1 saturated heterocycles. The third kappa shape index (κ3) is 2.33. The molecule has 0 radical (unpaired) electrons. The predicted octanol–water partition coefficient (Wildman–Crippen LogP) is -1.73. The number of hydrogen-bond donors (Lipinski definition) is 5. The lowest BCUT2D eigenvalue weighted by Crippen LogP contribution is -2.46. The highest BCUT2D eigenvalue weighted by Crippen LogP contribution is 2.37. The van der Waals surface area contributed by atoms with Crippen molar-refractivity contribution >= 4 is 5.84 Å². The maximum Gasteiger partial charge on any atom is 0.266 e. The SMILES string of the molecule is CC1(O)C(O)C(CO)OC1n1ccc(F)c(C(=N)N)c1=O. The zero-order chi connectivity index (χ0) is 15.9. The average Bonchev–Trinajstić information content (AvgIpc) is 2.61. The van der Waals surface area contributed by atoms with Crippen LogP contribution in [0.5, 0.6) is 0 Å². The molecule has 8 nitrogen and oxygen atoms in total. The van der Waals surface area contributed by atoms with Gasteiger partial charge in [-0.2, -0.15) is 0 Å². The summed E-state index contributed by atoms with van der Waals surface area (Å²) in [5.41, 5.74) is 1.66. The lowest BCUT2D eigenvalue weighted by Gasteiger charge is -2.28. The van der Waals surface area contributed by atoms with Gasteiger partial charge in [-0.3, -0.25) is 14.8 Å². The highest BCUT2D eigenvalue weighted by atomic mass is 19.1. The fourth-order valence-corrected chi connectivity index (χ4v) is 2.35. The molecule has 4 unspecified atom stereocenters. The molecule has 1 aliphatic heterocycles. The Morgan fingerprint density at radius 1 is 1.67 bits per heavy atom. The molecule has 4 atom stereocenters. The number of aromatic nitrogens is 1. The summed E-state index contributed by atoms with van der Waals surface area (Å²) in [7, 11) is 0. The average molecular weight is 301 g/mol. The summed E-state index contributed by atoms with van der Waals surface area (Å²) < 4.78 is 19.6. The maximum atomic E-state index is 13.6. The number of ether oxygens (including phenoxy) is 1. The summed E-state index contributed by atoms with van der Waals surface area (Å²) in [5.74, 6) is -1.73. The van der Waals surface area contributed by atoms with Crippen LogP contribution in [-0.2, 0) is 4.74 Å². The Bertz CT molecular complexity index is 630. The van der Waals surface area contributed by atoms with Crippen molar-refractivity contribution in [3.63, 3.8) is 0 Å². The Morgan fingerprint density at radius 2 is 2.29 bits per heavy atom. The van der Waals surface area contributed by atoms with Gasteiger partial charge in [0.25, 0.3) is 5.56 Å². The minimum absolute atomic E-state index is 0.566. The molecule has 2 heterocycles. The Hall–Kier alpha value is -1.81. The smallest absolute Gasteiger partial charge is 0.266 e.